The number of esters is 1. The largest absolute Gasteiger partial charge is 0.460 e. The fraction of sp³-hybridized carbons (Fsp3) is 0.632. The lowest BCUT2D eigenvalue weighted by Crippen LogP contribution is -2.11. The molecule has 0 unspecified atom stereocenters. The molecule has 0 fully saturated rings. The highest BCUT2D eigenvalue weighted by Gasteiger charge is 2.07. The molecule has 1 aromatic carbocycles. The second-order valence-electron chi connectivity index (χ2n) is 5.61. The van der Waals surface area contributed by atoms with Gasteiger partial charge >= 0.3 is 5.97 Å². The number of unbranched alkanes of at least 4 members (excludes halogenated alkanes) is 4. The monoisotopic (exact) mass is 306 g/mol. The van der Waals surface area contributed by atoms with Gasteiger partial charge in [0.05, 0.1) is 12.2 Å². The average Bonchev–Trinajstić information content (AvgIpc) is 2.55. The van der Waals surface area contributed by atoms with Gasteiger partial charge in [0.15, 0.2) is 0 Å². The average molecular weight is 306 g/mol. The first-order chi connectivity index (χ1) is 10.8. The van der Waals surface area contributed by atoms with Gasteiger partial charge in [0.25, 0.3) is 0 Å². The van der Waals surface area contributed by atoms with Crippen molar-refractivity contribution in [3.05, 3.63) is 35.4 Å². The van der Waals surface area contributed by atoms with Gasteiger partial charge in [-0.3, -0.25) is 0 Å². The first-order valence-electron chi connectivity index (χ1n) is 8.61. The van der Waals surface area contributed by atoms with Crippen LogP contribution < -0.4 is 0 Å². The summed E-state index contributed by atoms with van der Waals surface area (Å²) in [7, 11) is 0. The molecule has 0 saturated heterocycles. The quantitative estimate of drug-likeness (QED) is 0.412. The van der Waals surface area contributed by atoms with Crippen molar-refractivity contribution >= 4 is 5.97 Å². The molecule has 0 aliphatic heterocycles. The fourth-order valence-corrected chi connectivity index (χ4v) is 2.24. The third kappa shape index (κ3) is 8.18. The van der Waals surface area contributed by atoms with Gasteiger partial charge < -0.3 is 9.47 Å². The number of hydrogen-bond donors (Lipinski definition) is 0. The highest BCUT2D eigenvalue weighted by atomic mass is 16.6. The highest BCUT2D eigenvalue weighted by molar-refractivity contribution is 5.89. The number of benzene rings is 1. The normalized spacial score (nSPS) is 10.6. The van der Waals surface area contributed by atoms with Crippen molar-refractivity contribution in [2.45, 2.75) is 58.8 Å². The molecule has 0 bridgehead atoms. The third-order valence-corrected chi connectivity index (χ3v) is 3.58. The van der Waals surface area contributed by atoms with E-state index in [1.54, 1.807) is 0 Å². The molecule has 22 heavy (non-hydrogen) atoms. The number of ether oxygens (including phenoxy) is 2. The van der Waals surface area contributed by atoms with Gasteiger partial charge in [-0.25, -0.2) is 4.79 Å². The lowest BCUT2D eigenvalue weighted by molar-refractivity contribution is 0.0312. The van der Waals surface area contributed by atoms with E-state index in [9.17, 15) is 4.79 Å². The SMILES string of the molecule is CCCCCCOCCOC(=O)c1cccc(CCCC)c1. The zero-order chi connectivity index (χ0) is 16.0. The molecule has 124 valence electrons. The lowest BCUT2D eigenvalue weighted by atomic mass is 10.1. The van der Waals surface area contributed by atoms with Crippen LogP contribution in [0.4, 0.5) is 0 Å². The van der Waals surface area contributed by atoms with Crippen LogP contribution in [-0.4, -0.2) is 25.8 Å². The van der Waals surface area contributed by atoms with E-state index in [2.05, 4.69) is 19.9 Å². The number of hydrogen-bond acceptors (Lipinski definition) is 3. The minimum Gasteiger partial charge on any atom is -0.460 e. The smallest absolute Gasteiger partial charge is 0.338 e. The summed E-state index contributed by atoms with van der Waals surface area (Å²) in [5.41, 5.74) is 1.83. The summed E-state index contributed by atoms with van der Waals surface area (Å²) < 4.78 is 10.7. The van der Waals surface area contributed by atoms with Crippen LogP contribution in [0.2, 0.25) is 0 Å². The Bertz CT molecular complexity index is 415. The van der Waals surface area contributed by atoms with Crippen LogP contribution in [0.3, 0.4) is 0 Å². The second-order valence-corrected chi connectivity index (χ2v) is 5.61. The Balaban J connectivity index is 2.19. The van der Waals surface area contributed by atoms with Crippen LogP contribution in [0.1, 0.15) is 68.3 Å². The highest BCUT2D eigenvalue weighted by Crippen LogP contribution is 2.10. The molecule has 0 radical (unpaired) electrons. The Morgan fingerprint density at radius 3 is 2.55 bits per heavy atom. The minimum atomic E-state index is -0.257. The van der Waals surface area contributed by atoms with Crippen LogP contribution in [0.5, 0.6) is 0 Å². The molecular formula is C19H30O3. The summed E-state index contributed by atoms with van der Waals surface area (Å²) in [6.45, 7) is 5.92. The van der Waals surface area contributed by atoms with Crippen LogP contribution >= 0.6 is 0 Å². The summed E-state index contributed by atoms with van der Waals surface area (Å²) in [5, 5.41) is 0. The van der Waals surface area contributed by atoms with Crippen molar-refractivity contribution in [2.24, 2.45) is 0 Å². The van der Waals surface area contributed by atoms with Crippen LogP contribution in [-0.2, 0) is 15.9 Å². The fourth-order valence-electron chi connectivity index (χ4n) is 2.24. The summed E-state index contributed by atoms with van der Waals surface area (Å²) in [6, 6.07) is 7.73. The molecule has 0 N–H and O–H groups in total. The summed E-state index contributed by atoms with van der Waals surface area (Å²) >= 11 is 0. The molecule has 0 heterocycles. The van der Waals surface area contributed by atoms with Gasteiger partial charge in [-0.15, -0.1) is 0 Å². The maximum absolute atomic E-state index is 12.0. The molecule has 3 heteroatoms. The Hall–Kier alpha value is -1.35. The van der Waals surface area contributed by atoms with Crippen molar-refractivity contribution in [3.63, 3.8) is 0 Å². The molecule has 0 spiro atoms. The van der Waals surface area contributed by atoms with E-state index in [0.717, 1.165) is 32.3 Å². The van der Waals surface area contributed by atoms with Gasteiger partial charge in [0, 0.05) is 6.61 Å². The van der Waals surface area contributed by atoms with E-state index in [0.29, 0.717) is 18.8 Å². The van der Waals surface area contributed by atoms with Crippen LogP contribution in [0, 0.1) is 0 Å². The van der Waals surface area contributed by atoms with Crippen molar-refractivity contribution in [3.8, 4) is 0 Å². The summed E-state index contributed by atoms with van der Waals surface area (Å²) in [4.78, 5) is 12.0. The Labute approximate surface area is 135 Å². The van der Waals surface area contributed by atoms with Gasteiger partial charge in [-0.1, -0.05) is 51.7 Å². The molecule has 1 aromatic rings. The van der Waals surface area contributed by atoms with Gasteiger partial charge in [0.1, 0.15) is 6.61 Å². The van der Waals surface area contributed by atoms with Crippen molar-refractivity contribution in [1.82, 2.24) is 0 Å². The second kappa shape index (κ2) is 12.2. The van der Waals surface area contributed by atoms with E-state index in [1.807, 2.05) is 18.2 Å². The van der Waals surface area contributed by atoms with E-state index >= 15 is 0 Å². The summed E-state index contributed by atoms with van der Waals surface area (Å²) in [5.74, 6) is -0.257. The standard InChI is InChI=1S/C19H30O3/c1-3-5-7-8-13-21-14-15-22-19(20)18-12-9-11-17(16-18)10-6-4-2/h9,11-12,16H,3-8,10,13-15H2,1-2H3. The molecule has 0 aromatic heterocycles. The molecular weight excluding hydrogens is 276 g/mol. The number of rotatable bonds is 12. The van der Waals surface area contributed by atoms with Crippen molar-refractivity contribution < 1.29 is 14.3 Å². The summed E-state index contributed by atoms with van der Waals surface area (Å²) in [6.07, 6.45) is 8.09. The Morgan fingerprint density at radius 1 is 0.955 bits per heavy atom. The number of aryl methyl sites for hydroxylation is 1. The lowest BCUT2D eigenvalue weighted by Gasteiger charge is -2.07. The molecule has 0 amide bonds. The first kappa shape index (κ1) is 18.7. The predicted octanol–water partition coefficient (Wildman–Crippen LogP) is 4.78. The minimum absolute atomic E-state index is 0.257. The molecule has 0 aliphatic carbocycles. The third-order valence-electron chi connectivity index (χ3n) is 3.58. The zero-order valence-corrected chi connectivity index (χ0v) is 14.1. The van der Waals surface area contributed by atoms with Gasteiger partial charge in [-0.05, 0) is 37.0 Å². The number of carbonyl (C=O) groups is 1. The maximum Gasteiger partial charge on any atom is 0.338 e. The van der Waals surface area contributed by atoms with E-state index < -0.39 is 0 Å². The number of carbonyl (C=O) groups excluding carboxylic acids is 1. The molecule has 1 rings (SSSR count). The van der Waals surface area contributed by atoms with Crippen LogP contribution in [0.15, 0.2) is 24.3 Å². The predicted molar refractivity (Wildman–Crippen MR) is 90.3 cm³/mol. The topological polar surface area (TPSA) is 35.5 Å². The molecule has 3 nitrogen and oxygen atoms in total. The van der Waals surface area contributed by atoms with Gasteiger partial charge in [0.2, 0.25) is 0 Å². The molecule has 0 atom stereocenters. The van der Waals surface area contributed by atoms with E-state index in [-0.39, 0.29) is 5.97 Å². The Morgan fingerprint density at radius 2 is 1.77 bits per heavy atom. The zero-order valence-electron chi connectivity index (χ0n) is 14.1. The van der Waals surface area contributed by atoms with Crippen molar-refractivity contribution in [1.29, 1.82) is 0 Å². The van der Waals surface area contributed by atoms with E-state index in [1.165, 1.54) is 24.8 Å². The van der Waals surface area contributed by atoms with E-state index in [4.69, 9.17) is 9.47 Å². The first-order valence-corrected chi connectivity index (χ1v) is 8.61. The maximum atomic E-state index is 12.0. The van der Waals surface area contributed by atoms with Crippen LogP contribution in [0.25, 0.3) is 0 Å². The molecule has 0 saturated carbocycles. The van der Waals surface area contributed by atoms with Gasteiger partial charge in [-0.2, -0.15) is 0 Å². The molecule has 0 aliphatic rings. The van der Waals surface area contributed by atoms with Crippen molar-refractivity contribution in [2.75, 3.05) is 19.8 Å². The Kier molecular flexibility index (Phi) is 10.4.